The van der Waals surface area contributed by atoms with Crippen LogP contribution < -0.4 is 5.32 Å². The number of amides is 1. The summed E-state index contributed by atoms with van der Waals surface area (Å²) in [5.41, 5.74) is 5.53. The van der Waals surface area contributed by atoms with Crippen molar-refractivity contribution in [2.75, 3.05) is 27.2 Å². The minimum absolute atomic E-state index is 0.0230. The first kappa shape index (κ1) is 20.0. The summed E-state index contributed by atoms with van der Waals surface area (Å²) >= 11 is 0. The van der Waals surface area contributed by atoms with Crippen LogP contribution in [-0.2, 0) is 11.2 Å². The Hall–Kier alpha value is -2.72. The molecule has 0 heterocycles. The first-order chi connectivity index (χ1) is 13.5. The normalized spacial score (nSPS) is 14.1. The van der Waals surface area contributed by atoms with Gasteiger partial charge in [0.1, 0.15) is 0 Å². The van der Waals surface area contributed by atoms with Gasteiger partial charge in [-0.1, -0.05) is 60.2 Å². The number of ketones is 1. The zero-order valence-electron chi connectivity index (χ0n) is 16.9. The highest BCUT2D eigenvalue weighted by atomic mass is 16.2. The van der Waals surface area contributed by atoms with E-state index in [1.165, 1.54) is 16.7 Å². The number of hydrogen-bond acceptors (Lipinski definition) is 3. The fraction of sp³-hybridized carbons (Fsp3) is 0.333. The molecule has 1 aliphatic carbocycles. The van der Waals surface area contributed by atoms with Gasteiger partial charge in [0, 0.05) is 12.1 Å². The Bertz CT molecular complexity index is 884. The van der Waals surface area contributed by atoms with Crippen molar-refractivity contribution in [3.05, 3.63) is 76.9 Å². The van der Waals surface area contributed by atoms with Crippen LogP contribution in [0.2, 0.25) is 0 Å². The molecule has 0 spiro atoms. The van der Waals surface area contributed by atoms with Gasteiger partial charge < -0.3 is 10.2 Å². The van der Waals surface area contributed by atoms with Gasteiger partial charge in [0.15, 0.2) is 5.78 Å². The van der Waals surface area contributed by atoms with Crippen LogP contribution in [0.25, 0.3) is 5.57 Å². The van der Waals surface area contributed by atoms with Gasteiger partial charge in [-0.15, -0.1) is 0 Å². The Morgan fingerprint density at radius 1 is 1.04 bits per heavy atom. The Morgan fingerprint density at radius 3 is 2.43 bits per heavy atom. The summed E-state index contributed by atoms with van der Waals surface area (Å²) in [5.74, 6) is -0.461. The van der Waals surface area contributed by atoms with Crippen LogP contribution in [0.5, 0.6) is 0 Å². The minimum atomic E-state index is -0.288. The van der Waals surface area contributed by atoms with E-state index in [0.29, 0.717) is 5.56 Å². The molecular weight excluding hydrogens is 348 g/mol. The van der Waals surface area contributed by atoms with Crippen LogP contribution in [0.3, 0.4) is 0 Å². The third kappa shape index (κ3) is 4.57. The molecule has 2 aromatic rings. The number of carbonyl (C=O) groups is 2. The van der Waals surface area contributed by atoms with E-state index in [1.54, 1.807) is 12.1 Å². The maximum absolute atomic E-state index is 12.9. The molecule has 1 atom stereocenters. The third-order valence-electron chi connectivity index (χ3n) is 5.30. The van der Waals surface area contributed by atoms with Crippen molar-refractivity contribution < 1.29 is 9.59 Å². The average molecular weight is 377 g/mol. The van der Waals surface area contributed by atoms with Gasteiger partial charge in [0.25, 0.3) is 0 Å². The maximum atomic E-state index is 12.9. The molecule has 0 aliphatic heterocycles. The Morgan fingerprint density at radius 2 is 1.71 bits per heavy atom. The molecule has 0 aromatic heterocycles. The second-order valence-corrected chi connectivity index (χ2v) is 7.63. The number of hydrogen-bond donors (Lipinski definition) is 1. The first-order valence-electron chi connectivity index (χ1n) is 9.78. The highest BCUT2D eigenvalue weighted by molar-refractivity contribution is 6.01. The third-order valence-corrected chi connectivity index (χ3v) is 5.30. The molecule has 0 fully saturated rings. The molecule has 0 radical (unpaired) electrons. The zero-order chi connectivity index (χ0) is 20.1. The molecule has 1 aliphatic rings. The van der Waals surface area contributed by atoms with Crippen LogP contribution in [0, 0.1) is 5.92 Å². The van der Waals surface area contributed by atoms with Gasteiger partial charge in [-0.05, 0) is 50.6 Å². The Labute approximate surface area is 167 Å². The van der Waals surface area contributed by atoms with Gasteiger partial charge in [0.05, 0.1) is 12.5 Å². The van der Waals surface area contributed by atoms with Crippen LogP contribution in [0.1, 0.15) is 34.8 Å². The van der Waals surface area contributed by atoms with E-state index in [4.69, 9.17) is 0 Å². The molecule has 1 N–H and O–H groups in total. The largest absolute Gasteiger partial charge is 0.348 e. The number of Topliss-reactive ketones (excluding diaryl/α,β-unsaturated/α-hetero) is 1. The van der Waals surface area contributed by atoms with E-state index >= 15 is 0 Å². The maximum Gasteiger partial charge on any atom is 0.227 e. The van der Waals surface area contributed by atoms with E-state index in [2.05, 4.69) is 42.5 Å². The van der Waals surface area contributed by atoms with E-state index in [1.807, 2.05) is 31.2 Å². The predicted octanol–water partition coefficient (Wildman–Crippen LogP) is 3.58. The summed E-state index contributed by atoms with van der Waals surface area (Å²) in [6.07, 6.45) is 1.84. The van der Waals surface area contributed by atoms with Crippen LogP contribution in [0.4, 0.5) is 0 Å². The highest BCUT2D eigenvalue weighted by Crippen LogP contribution is 2.39. The monoisotopic (exact) mass is 376 g/mol. The first-order valence-corrected chi connectivity index (χ1v) is 9.78. The van der Waals surface area contributed by atoms with Gasteiger partial charge in [0.2, 0.25) is 5.91 Å². The molecule has 0 saturated carbocycles. The summed E-state index contributed by atoms with van der Waals surface area (Å²) in [7, 11) is 4.13. The summed E-state index contributed by atoms with van der Waals surface area (Å²) in [6, 6.07) is 17.4. The number of fused-ring (bicyclic) bond motifs is 1. The summed E-state index contributed by atoms with van der Waals surface area (Å²) in [5, 5.41) is 2.84. The van der Waals surface area contributed by atoms with Gasteiger partial charge in [-0.2, -0.15) is 0 Å². The topological polar surface area (TPSA) is 49.4 Å². The van der Waals surface area contributed by atoms with E-state index < -0.39 is 0 Å². The van der Waals surface area contributed by atoms with E-state index in [-0.39, 0.29) is 24.2 Å². The molecule has 2 aromatic carbocycles. The molecular formula is C24H28N2O2. The van der Waals surface area contributed by atoms with Gasteiger partial charge >= 0.3 is 0 Å². The van der Waals surface area contributed by atoms with Crippen molar-refractivity contribution in [2.45, 2.75) is 19.8 Å². The number of nitrogens with one attached hydrogen (secondary N) is 1. The lowest BCUT2D eigenvalue weighted by Crippen LogP contribution is -2.34. The van der Waals surface area contributed by atoms with Gasteiger partial charge in [-0.3, -0.25) is 9.59 Å². The number of nitrogens with zero attached hydrogens (tertiary/aromatic N) is 1. The molecule has 0 saturated heterocycles. The molecule has 146 valence electrons. The summed E-state index contributed by atoms with van der Waals surface area (Å²) in [4.78, 5) is 27.3. The van der Waals surface area contributed by atoms with Crippen molar-refractivity contribution >= 4 is 17.3 Å². The highest BCUT2D eigenvalue weighted by Gasteiger charge is 2.28. The average Bonchev–Trinajstić information content (AvgIpc) is 3.08. The fourth-order valence-electron chi connectivity index (χ4n) is 3.75. The molecule has 1 unspecified atom stereocenters. The van der Waals surface area contributed by atoms with Crippen LogP contribution in [-0.4, -0.2) is 43.8 Å². The smallest absolute Gasteiger partial charge is 0.227 e. The Balaban J connectivity index is 1.73. The standard InChI is InChI=1S/C24H28N2O2/c1-17(24(28)25-16-22(27)18-9-5-4-6-10-18)23-20(13-14-26(2)3)15-19-11-7-8-12-21(19)23/h4-12,17H,13-16H2,1-3H3,(H,25,28). The number of rotatable bonds is 8. The lowest BCUT2D eigenvalue weighted by Gasteiger charge is -2.18. The molecule has 4 heteroatoms. The second-order valence-electron chi connectivity index (χ2n) is 7.63. The van der Waals surface area contributed by atoms with Crippen molar-refractivity contribution in [2.24, 2.45) is 5.92 Å². The summed E-state index contributed by atoms with van der Waals surface area (Å²) in [6.45, 7) is 2.91. The second kappa shape index (κ2) is 8.98. The number of carbonyl (C=O) groups excluding carboxylic acids is 2. The lowest BCUT2D eigenvalue weighted by molar-refractivity contribution is -0.122. The lowest BCUT2D eigenvalue weighted by atomic mass is 9.91. The molecule has 28 heavy (non-hydrogen) atoms. The van der Waals surface area contributed by atoms with Crippen molar-refractivity contribution in [3.63, 3.8) is 0 Å². The number of benzene rings is 2. The van der Waals surface area contributed by atoms with E-state index in [0.717, 1.165) is 25.0 Å². The minimum Gasteiger partial charge on any atom is -0.348 e. The van der Waals surface area contributed by atoms with Crippen molar-refractivity contribution in [1.82, 2.24) is 10.2 Å². The summed E-state index contributed by atoms with van der Waals surface area (Å²) < 4.78 is 0. The fourth-order valence-corrected chi connectivity index (χ4v) is 3.75. The molecule has 4 nitrogen and oxygen atoms in total. The predicted molar refractivity (Wildman–Crippen MR) is 113 cm³/mol. The molecule has 1 amide bonds. The SMILES string of the molecule is CC(C(=O)NCC(=O)c1ccccc1)C1=C(CCN(C)C)Cc2ccccc21. The van der Waals surface area contributed by atoms with Crippen molar-refractivity contribution in [1.29, 1.82) is 0 Å². The van der Waals surface area contributed by atoms with Crippen LogP contribution >= 0.6 is 0 Å². The van der Waals surface area contributed by atoms with E-state index in [9.17, 15) is 9.59 Å². The zero-order valence-corrected chi connectivity index (χ0v) is 16.9. The van der Waals surface area contributed by atoms with Crippen molar-refractivity contribution in [3.8, 4) is 0 Å². The van der Waals surface area contributed by atoms with Gasteiger partial charge in [-0.25, -0.2) is 0 Å². The van der Waals surface area contributed by atoms with Crippen LogP contribution in [0.15, 0.2) is 60.2 Å². The quantitative estimate of drug-likeness (QED) is 0.717. The molecule has 3 rings (SSSR count). The molecule has 0 bridgehead atoms. The Kier molecular flexibility index (Phi) is 6.42.